The fraction of sp³-hybridized carbons (Fsp3) is 0.684. The molecule has 8 heteroatoms. The van der Waals surface area contributed by atoms with E-state index in [1.165, 1.54) is 0 Å². The highest BCUT2D eigenvalue weighted by Gasteiger charge is 2.41. The zero-order chi connectivity index (χ0) is 18.9. The molecule has 0 radical (unpaired) electrons. The molecule has 0 aromatic carbocycles. The van der Waals surface area contributed by atoms with Gasteiger partial charge in [0.25, 0.3) is 5.91 Å². The summed E-state index contributed by atoms with van der Waals surface area (Å²) in [4.78, 5) is 39.9. The van der Waals surface area contributed by atoms with Gasteiger partial charge in [0.05, 0.1) is 12.4 Å². The van der Waals surface area contributed by atoms with Gasteiger partial charge in [-0.25, -0.2) is 4.98 Å². The van der Waals surface area contributed by atoms with Gasteiger partial charge in [0.2, 0.25) is 5.91 Å². The zero-order valence-corrected chi connectivity index (χ0v) is 16.0. The number of piperazine rings is 1. The van der Waals surface area contributed by atoms with Gasteiger partial charge in [0.15, 0.2) is 0 Å². The lowest BCUT2D eigenvalue weighted by molar-refractivity contribution is -0.120. The van der Waals surface area contributed by atoms with E-state index in [2.05, 4.69) is 32.1 Å². The molecule has 0 saturated carbocycles. The Bertz CT molecular complexity index is 720. The Hall–Kier alpha value is -2.22. The molecular formula is C19H28N6O2. The minimum Gasteiger partial charge on any atom is -0.356 e. The van der Waals surface area contributed by atoms with Crippen molar-refractivity contribution in [3.63, 3.8) is 0 Å². The Balaban J connectivity index is 1.53. The average molecular weight is 372 g/mol. The summed E-state index contributed by atoms with van der Waals surface area (Å²) < 4.78 is 0. The fourth-order valence-corrected chi connectivity index (χ4v) is 4.49. The molecule has 3 aliphatic heterocycles. The molecule has 4 rings (SSSR count). The summed E-state index contributed by atoms with van der Waals surface area (Å²) in [6, 6.07) is 0. The van der Waals surface area contributed by atoms with Gasteiger partial charge in [-0.15, -0.1) is 0 Å². The molecule has 1 aromatic heterocycles. The van der Waals surface area contributed by atoms with Crippen molar-refractivity contribution in [3.8, 4) is 0 Å². The first-order valence-corrected chi connectivity index (χ1v) is 9.92. The number of likely N-dealkylation sites (tertiary alicyclic amines) is 1. The van der Waals surface area contributed by atoms with Crippen LogP contribution in [0.25, 0.3) is 0 Å². The highest BCUT2D eigenvalue weighted by atomic mass is 16.2. The van der Waals surface area contributed by atoms with Gasteiger partial charge in [0.1, 0.15) is 11.5 Å². The molecule has 0 aliphatic carbocycles. The molecule has 146 valence electrons. The van der Waals surface area contributed by atoms with Crippen LogP contribution in [0.1, 0.15) is 42.6 Å². The van der Waals surface area contributed by atoms with Gasteiger partial charge in [-0.05, 0) is 32.7 Å². The van der Waals surface area contributed by atoms with Crippen molar-refractivity contribution >= 4 is 17.6 Å². The van der Waals surface area contributed by atoms with E-state index in [0.717, 1.165) is 64.2 Å². The molecule has 3 aliphatic rings. The first kappa shape index (κ1) is 18.2. The number of carbonyl (C=O) groups is 2. The van der Waals surface area contributed by atoms with Gasteiger partial charge in [0, 0.05) is 51.2 Å². The van der Waals surface area contributed by atoms with E-state index in [4.69, 9.17) is 0 Å². The first-order valence-electron chi connectivity index (χ1n) is 9.92. The van der Waals surface area contributed by atoms with Crippen molar-refractivity contribution < 1.29 is 9.59 Å². The number of aromatic nitrogens is 2. The van der Waals surface area contributed by atoms with Crippen LogP contribution in [0.4, 0.5) is 5.82 Å². The van der Waals surface area contributed by atoms with E-state index >= 15 is 0 Å². The number of nitrogens with zero attached hydrogens (tertiary/aromatic N) is 5. The molecule has 1 N–H and O–H groups in total. The zero-order valence-electron chi connectivity index (χ0n) is 16.0. The largest absolute Gasteiger partial charge is 0.356 e. The Morgan fingerprint density at radius 2 is 1.96 bits per heavy atom. The van der Waals surface area contributed by atoms with Crippen LogP contribution in [0.2, 0.25) is 0 Å². The van der Waals surface area contributed by atoms with E-state index in [1.807, 2.05) is 4.90 Å². The second-order valence-electron chi connectivity index (χ2n) is 7.93. The fourth-order valence-electron chi connectivity index (χ4n) is 4.49. The predicted octanol–water partition coefficient (Wildman–Crippen LogP) is 0.503. The van der Waals surface area contributed by atoms with Crippen LogP contribution >= 0.6 is 0 Å². The predicted molar refractivity (Wildman–Crippen MR) is 102 cm³/mol. The van der Waals surface area contributed by atoms with Crippen LogP contribution in [-0.4, -0.2) is 83.4 Å². The Morgan fingerprint density at radius 3 is 2.78 bits per heavy atom. The number of likely N-dealkylation sites (N-methyl/N-ethyl adjacent to an activating group) is 1. The molecule has 1 atom stereocenters. The molecule has 1 spiro atoms. The summed E-state index contributed by atoms with van der Waals surface area (Å²) >= 11 is 0. The third-order valence-electron chi connectivity index (χ3n) is 6.29. The molecule has 3 fully saturated rings. The molecule has 0 unspecified atom stereocenters. The van der Waals surface area contributed by atoms with Crippen molar-refractivity contribution in [2.75, 3.05) is 51.2 Å². The van der Waals surface area contributed by atoms with E-state index < -0.39 is 0 Å². The van der Waals surface area contributed by atoms with Crippen molar-refractivity contribution in [1.82, 2.24) is 25.1 Å². The highest BCUT2D eigenvalue weighted by Crippen LogP contribution is 2.32. The lowest BCUT2D eigenvalue weighted by atomic mass is 9.86. The van der Waals surface area contributed by atoms with Crippen LogP contribution in [0, 0.1) is 0 Å². The molecule has 8 nitrogen and oxygen atoms in total. The second kappa shape index (κ2) is 7.42. The summed E-state index contributed by atoms with van der Waals surface area (Å²) in [6.07, 6.45) is 7.76. The Morgan fingerprint density at radius 1 is 1.15 bits per heavy atom. The summed E-state index contributed by atoms with van der Waals surface area (Å²) in [5, 5.41) is 2.98. The van der Waals surface area contributed by atoms with Crippen LogP contribution < -0.4 is 10.2 Å². The number of hydrogen-bond donors (Lipinski definition) is 1. The Kier molecular flexibility index (Phi) is 4.99. The summed E-state index contributed by atoms with van der Waals surface area (Å²) in [5.41, 5.74) is 0.383. The van der Waals surface area contributed by atoms with Gasteiger partial charge in [-0.2, -0.15) is 0 Å². The van der Waals surface area contributed by atoms with Crippen LogP contribution in [0.3, 0.4) is 0 Å². The molecule has 1 aromatic rings. The highest BCUT2D eigenvalue weighted by molar-refractivity contribution is 5.92. The smallest absolute Gasteiger partial charge is 0.274 e. The monoisotopic (exact) mass is 372 g/mol. The SMILES string of the molecule is CN1CCN(c2cncc(C(=O)N3CCCC3)n2)C[C@]12CCNC(=O)CC2. The van der Waals surface area contributed by atoms with E-state index in [-0.39, 0.29) is 17.4 Å². The maximum Gasteiger partial charge on any atom is 0.274 e. The molecule has 27 heavy (non-hydrogen) atoms. The quantitative estimate of drug-likeness (QED) is 0.814. The van der Waals surface area contributed by atoms with Gasteiger partial charge in [-0.1, -0.05) is 0 Å². The Labute approximate surface area is 159 Å². The van der Waals surface area contributed by atoms with Gasteiger partial charge < -0.3 is 15.1 Å². The van der Waals surface area contributed by atoms with Crippen molar-refractivity contribution in [3.05, 3.63) is 18.1 Å². The topological polar surface area (TPSA) is 81.7 Å². The summed E-state index contributed by atoms with van der Waals surface area (Å²) in [5.74, 6) is 0.876. The first-order chi connectivity index (χ1) is 13.1. The third kappa shape index (κ3) is 3.63. The molecule has 0 bridgehead atoms. The van der Waals surface area contributed by atoms with E-state index in [9.17, 15) is 9.59 Å². The van der Waals surface area contributed by atoms with Gasteiger partial charge in [-0.3, -0.25) is 19.5 Å². The van der Waals surface area contributed by atoms with E-state index in [0.29, 0.717) is 18.7 Å². The second-order valence-corrected chi connectivity index (χ2v) is 7.93. The maximum absolute atomic E-state index is 12.7. The minimum absolute atomic E-state index is 0.0186. The van der Waals surface area contributed by atoms with Gasteiger partial charge >= 0.3 is 0 Å². The lowest BCUT2D eigenvalue weighted by Crippen LogP contribution is -2.61. The average Bonchev–Trinajstić information content (AvgIpc) is 3.16. The number of carbonyl (C=O) groups excluding carboxylic acids is 2. The number of rotatable bonds is 2. The standard InChI is InChI=1S/C19H28N6O2/c1-23-10-11-25(14-19(23)5-4-17(26)21-7-6-19)16-13-20-12-15(22-16)18(27)24-8-2-3-9-24/h12-13H,2-11,14H2,1H3,(H,21,26)/t19-/m0/s1. The number of nitrogens with one attached hydrogen (secondary N) is 1. The number of amides is 2. The lowest BCUT2D eigenvalue weighted by Gasteiger charge is -2.49. The number of anilines is 1. The molecular weight excluding hydrogens is 344 g/mol. The molecule has 4 heterocycles. The molecule has 2 amide bonds. The summed E-state index contributed by atoms with van der Waals surface area (Å²) in [6.45, 7) is 4.87. The maximum atomic E-state index is 12.7. The van der Waals surface area contributed by atoms with Crippen LogP contribution in [0.5, 0.6) is 0 Å². The normalized spacial score (nSPS) is 26.9. The van der Waals surface area contributed by atoms with Crippen molar-refractivity contribution in [2.24, 2.45) is 0 Å². The van der Waals surface area contributed by atoms with Crippen molar-refractivity contribution in [1.29, 1.82) is 0 Å². The van der Waals surface area contributed by atoms with E-state index in [1.54, 1.807) is 12.4 Å². The minimum atomic E-state index is -0.0476. The van der Waals surface area contributed by atoms with Crippen molar-refractivity contribution in [2.45, 2.75) is 37.6 Å². The molecule has 3 saturated heterocycles. The third-order valence-corrected chi connectivity index (χ3v) is 6.29. The van der Waals surface area contributed by atoms with Crippen LogP contribution in [-0.2, 0) is 4.79 Å². The number of hydrogen-bond acceptors (Lipinski definition) is 6. The summed E-state index contributed by atoms with van der Waals surface area (Å²) in [7, 11) is 2.14. The van der Waals surface area contributed by atoms with Crippen LogP contribution in [0.15, 0.2) is 12.4 Å².